The summed E-state index contributed by atoms with van der Waals surface area (Å²) in [7, 11) is 0. The van der Waals surface area contributed by atoms with Crippen molar-refractivity contribution in [2.75, 3.05) is 19.7 Å². The van der Waals surface area contributed by atoms with Crippen molar-refractivity contribution in [3.05, 3.63) is 41.7 Å². The van der Waals surface area contributed by atoms with E-state index < -0.39 is 11.6 Å². The van der Waals surface area contributed by atoms with Crippen molar-refractivity contribution in [3.8, 4) is 0 Å². The van der Waals surface area contributed by atoms with Gasteiger partial charge in [-0.25, -0.2) is 13.6 Å². The third-order valence-corrected chi connectivity index (χ3v) is 4.10. The number of rotatable bonds is 4. The van der Waals surface area contributed by atoms with Gasteiger partial charge in [-0.15, -0.1) is 0 Å². The van der Waals surface area contributed by atoms with Gasteiger partial charge in [-0.3, -0.25) is 0 Å². The van der Waals surface area contributed by atoms with Crippen LogP contribution in [0, 0.1) is 11.6 Å². The number of halogens is 2. The Morgan fingerprint density at radius 2 is 2.12 bits per heavy atom. The smallest absolute Gasteiger partial charge is 0.410 e. The minimum absolute atomic E-state index is 0.103. The standard InChI is InChI=1S/C18H19F2NO3/c1-2-3-9-23-18(22)21-8-4-5-12(10-21)13-11-24-17-15(20)7-6-14(19)16(13)17/h5-7,11H,2-4,8-10H2,1H3. The summed E-state index contributed by atoms with van der Waals surface area (Å²) in [5, 5.41) is 0.113. The van der Waals surface area contributed by atoms with Gasteiger partial charge >= 0.3 is 6.09 Å². The summed E-state index contributed by atoms with van der Waals surface area (Å²) in [5.41, 5.74) is 1.11. The average Bonchev–Trinajstić information content (AvgIpc) is 3.05. The molecule has 1 aliphatic rings. The number of ether oxygens (including phenoxy) is 1. The molecule has 1 aliphatic heterocycles. The molecule has 1 aromatic carbocycles. The number of carbonyl (C=O) groups is 1. The van der Waals surface area contributed by atoms with E-state index in [-0.39, 0.29) is 23.6 Å². The van der Waals surface area contributed by atoms with Gasteiger partial charge in [0.2, 0.25) is 0 Å². The molecule has 1 aromatic heterocycles. The predicted octanol–water partition coefficient (Wildman–Crippen LogP) is 4.74. The molecule has 6 heteroatoms. The number of carbonyl (C=O) groups excluding carboxylic acids is 1. The minimum Gasteiger partial charge on any atom is -0.460 e. The van der Waals surface area contributed by atoms with Crippen molar-refractivity contribution >= 4 is 22.6 Å². The first-order valence-corrected chi connectivity index (χ1v) is 8.08. The summed E-state index contributed by atoms with van der Waals surface area (Å²) in [6, 6.07) is 2.12. The zero-order valence-corrected chi connectivity index (χ0v) is 13.5. The van der Waals surface area contributed by atoms with Crippen LogP contribution in [0.1, 0.15) is 31.7 Å². The predicted molar refractivity (Wildman–Crippen MR) is 86.6 cm³/mol. The molecule has 0 aliphatic carbocycles. The number of fused-ring (bicyclic) bond motifs is 1. The number of benzene rings is 1. The van der Waals surface area contributed by atoms with Crippen molar-refractivity contribution in [3.63, 3.8) is 0 Å². The number of furan rings is 1. The molecule has 1 amide bonds. The van der Waals surface area contributed by atoms with Crippen LogP contribution in [0.4, 0.5) is 13.6 Å². The van der Waals surface area contributed by atoms with Crippen LogP contribution in [0.25, 0.3) is 16.5 Å². The highest BCUT2D eigenvalue weighted by atomic mass is 19.1. The van der Waals surface area contributed by atoms with Gasteiger partial charge in [-0.1, -0.05) is 19.4 Å². The first-order chi connectivity index (χ1) is 11.6. The summed E-state index contributed by atoms with van der Waals surface area (Å²) in [6.45, 7) is 3.24. The van der Waals surface area contributed by atoms with E-state index in [9.17, 15) is 13.6 Å². The fourth-order valence-corrected chi connectivity index (χ4v) is 2.80. The van der Waals surface area contributed by atoms with E-state index in [0.29, 0.717) is 25.1 Å². The Labute approximate surface area is 138 Å². The van der Waals surface area contributed by atoms with Crippen molar-refractivity contribution in [2.45, 2.75) is 26.2 Å². The Morgan fingerprint density at radius 1 is 1.33 bits per heavy atom. The van der Waals surface area contributed by atoms with Crippen LogP contribution >= 0.6 is 0 Å². The maximum Gasteiger partial charge on any atom is 0.410 e. The molecule has 2 aromatic rings. The Balaban J connectivity index is 1.82. The van der Waals surface area contributed by atoms with Crippen molar-refractivity contribution < 1.29 is 22.7 Å². The molecule has 0 spiro atoms. The van der Waals surface area contributed by atoms with Crippen LogP contribution in [0.2, 0.25) is 0 Å². The van der Waals surface area contributed by atoms with Crippen LogP contribution in [0.3, 0.4) is 0 Å². The Kier molecular flexibility index (Phi) is 4.83. The molecular weight excluding hydrogens is 316 g/mol. The Hall–Kier alpha value is -2.37. The fraction of sp³-hybridized carbons (Fsp3) is 0.389. The molecule has 0 atom stereocenters. The van der Waals surface area contributed by atoms with Gasteiger partial charge in [0.1, 0.15) is 5.82 Å². The van der Waals surface area contributed by atoms with E-state index in [1.165, 1.54) is 6.26 Å². The normalized spacial score (nSPS) is 14.8. The SMILES string of the molecule is CCCCOC(=O)N1CCC=C(c2coc3c(F)ccc(F)c23)C1. The summed E-state index contributed by atoms with van der Waals surface area (Å²) < 4.78 is 38.3. The monoisotopic (exact) mass is 335 g/mol. The quantitative estimate of drug-likeness (QED) is 0.758. The van der Waals surface area contributed by atoms with E-state index in [0.717, 1.165) is 30.5 Å². The highest BCUT2D eigenvalue weighted by Crippen LogP contribution is 2.33. The number of amides is 1. The van der Waals surface area contributed by atoms with E-state index in [2.05, 4.69) is 0 Å². The number of unbranched alkanes of at least 4 members (excludes halogenated alkanes) is 1. The van der Waals surface area contributed by atoms with Crippen molar-refractivity contribution in [2.24, 2.45) is 0 Å². The van der Waals surface area contributed by atoms with Crippen LogP contribution in [-0.2, 0) is 4.74 Å². The van der Waals surface area contributed by atoms with Crippen molar-refractivity contribution in [1.82, 2.24) is 4.90 Å². The number of nitrogens with zero attached hydrogens (tertiary/aromatic N) is 1. The second kappa shape index (κ2) is 7.03. The molecule has 0 saturated carbocycles. The van der Waals surface area contributed by atoms with Crippen molar-refractivity contribution in [1.29, 1.82) is 0 Å². The summed E-state index contributed by atoms with van der Waals surface area (Å²) >= 11 is 0. The lowest BCUT2D eigenvalue weighted by molar-refractivity contribution is 0.105. The van der Waals surface area contributed by atoms with Crippen LogP contribution in [-0.4, -0.2) is 30.7 Å². The molecule has 0 N–H and O–H groups in total. The topological polar surface area (TPSA) is 42.7 Å². The highest BCUT2D eigenvalue weighted by molar-refractivity contribution is 5.93. The first kappa shape index (κ1) is 16.5. The molecule has 4 nitrogen and oxygen atoms in total. The second-order valence-electron chi connectivity index (χ2n) is 5.79. The average molecular weight is 335 g/mol. The van der Waals surface area contributed by atoms with E-state index in [4.69, 9.17) is 9.15 Å². The minimum atomic E-state index is -0.607. The van der Waals surface area contributed by atoms with Gasteiger partial charge < -0.3 is 14.1 Å². The van der Waals surface area contributed by atoms with Gasteiger partial charge in [0.25, 0.3) is 0 Å². The molecule has 0 fully saturated rings. The lowest BCUT2D eigenvalue weighted by Crippen LogP contribution is -2.36. The number of hydrogen-bond donors (Lipinski definition) is 0. The van der Waals surface area contributed by atoms with E-state index in [1.807, 2.05) is 13.0 Å². The zero-order valence-electron chi connectivity index (χ0n) is 13.5. The van der Waals surface area contributed by atoms with Gasteiger partial charge in [-0.05, 0) is 30.5 Å². The van der Waals surface area contributed by atoms with Gasteiger partial charge in [0.15, 0.2) is 11.4 Å². The van der Waals surface area contributed by atoms with Crippen LogP contribution < -0.4 is 0 Å². The fourth-order valence-electron chi connectivity index (χ4n) is 2.80. The Bertz CT molecular complexity index is 782. The maximum atomic E-state index is 14.1. The lowest BCUT2D eigenvalue weighted by atomic mass is 10.0. The molecule has 0 saturated heterocycles. The molecule has 2 heterocycles. The van der Waals surface area contributed by atoms with Gasteiger partial charge in [0, 0.05) is 18.7 Å². The third kappa shape index (κ3) is 3.13. The summed E-state index contributed by atoms with van der Waals surface area (Å²) in [4.78, 5) is 13.7. The molecule has 0 radical (unpaired) electrons. The van der Waals surface area contributed by atoms with E-state index >= 15 is 0 Å². The first-order valence-electron chi connectivity index (χ1n) is 8.08. The molecule has 0 bridgehead atoms. The van der Waals surface area contributed by atoms with E-state index in [1.54, 1.807) is 4.90 Å². The summed E-state index contributed by atoms with van der Waals surface area (Å²) in [5.74, 6) is -1.15. The maximum absolute atomic E-state index is 14.1. The Morgan fingerprint density at radius 3 is 2.92 bits per heavy atom. The van der Waals surface area contributed by atoms with Crippen LogP contribution in [0.5, 0.6) is 0 Å². The summed E-state index contributed by atoms with van der Waals surface area (Å²) in [6.07, 6.45) is 5.28. The molecule has 128 valence electrons. The number of hydrogen-bond acceptors (Lipinski definition) is 3. The molecule has 3 rings (SSSR count). The van der Waals surface area contributed by atoms with Gasteiger partial charge in [-0.2, -0.15) is 0 Å². The molecule has 0 unspecified atom stereocenters. The van der Waals surface area contributed by atoms with Crippen LogP contribution in [0.15, 0.2) is 28.9 Å². The molecular formula is C18H19F2NO3. The lowest BCUT2D eigenvalue weighted by Gasteiger charge is -2.26. The third-order valence-electron chi connectivity index (χ3n) is 4.10. The largest absolute Gasteiger partial charge is 0.460 e. The zero-order chi connectivity index (χ0) is 17.1. The second-order valence-corrected chi connectivity index (χ2v) is 5.79. The highest BCUT2D eigenvalue weighted by Gasteiger charge is 2.24. The molecule has 24 heavy (non-hydrogen) atoms. The van der Waals surface area contributed by atoms with Gasteiger partial charge in [0.05, 0.1) is 18.3 Å².